The van der Waals surface area contributed by atoms with E-state index >= 15 is 0 Å². The number of nitrogens with zero attached hydrogens (tertiary/aromatic N) is 4. The fraction of sp³-hybridized carbons (Fsp3) is 0.480. The van der Waals surface area contributed by atoms with Gasteiger partial charge < -0.3 is 19.1 Å². The lowest BCUT2D eigenvalue weighted by Crippen LogP contribution is -2.59. The van der Waals surface area contributed by atoms with Crippen molar-refractivity contribution in [1.29, 1.82) is 0 Å². The Morgan fingerprint density at radius 3 is 2.60 bits per heavy atom. The standard InChI is InChI=1S/C25H26F2N4O4/c1-14-18(26)3-4-19(20(14)27)31-8-5-17-22(31)28-13-29-23(17)34-21-15-9-30(10-16(21)12-33-11-15)24(32)35-25(2)6-7-25/h3-5,8,13,15-16,21H,6-7,9-12H2,1-2H3. The molecule has 3 aliphatic rings. The second-order valence-electron chi connectivity index (χ2n) is 9.97. The molecule has 1 aromatic carbocycles. The van der Waals surface area contributed by atoms with Gasteiger partial charge in [-0.3, -0.25) is 4.57 Å². The molecule has 2 unspecified atom stereocenters. The fourth-order valence-electron chi connectivity index (χ4n) is 4.97. The number of hydrogen-bond donors (Lipinski definition) is 0. The van der Waals surface area contributed by atoms with Crippen molar-refractivity contribution in [2.24, 2.45) is 11.8 Å². The lowest BCUT2D eigenvalue weighted by molar-refractivity contribution is -0.111. The van der Waals surface area contributed by atoms with E-state index in [2.05, 4.69) is 9.97 Å². The Kier molecular flexibility index (Phi) is 5.17. The molecule has 2 saturated heterocycles. The summed E-state index contributed by atoms with van der Waals surface area (Å²) < 4.78 is 48.0. The molecule has 1 aliphatic carbocycles. The second-order valence-corrected chi connectivity index (χ2v) is 9.97. The maximum atomic E-state index is 14.8. The molecule has 2 atom stereocenters. The normalized spacial score (nSPS) is 24.9. The molecular formula is C25H26F2N4O4. The van der Waals surface area contributed by atoms with Crippen molar-refractivity contribution in [3.05, 3.63) is 47.9 Å². The van der Waals surface area contributed by atoms with Gasteiger partial charge in [0.15, 0.2) is 11.5 Å². The number of amides is 1. The maximum Gasteiger partial charge on any atom is 0.410 e. The molecule has 2 bridgehead atoms. The maximum absolute atomic E-state index is 14.8. The number of carbonyl (C=O) groups is 1. The third-order valence-corrected chi connectivity index (χ3v) is 7.30. The molecule has 0 N–H and O–H groups in total. The average Bonchev–Trinajstić information content (AvgIpc) is 3.39. The lowest BCUT2D eigenvalue weighted by atomic mass is 9.84. The number of benzene rings is 1. The molecule has 1 saturated carbocycles. The summed E-state index contributed by atoms with van der Waals surface area (Å²) in [6, 6.07) is 4.39. The van der Waals surface area contributed by atoms with Crippen LogP contribution in [0.25, 0.3) is 16.7 Å². The molecule has 3 fully saturated rings. The smallest absolute Gasteiger partial charge is 0.410 e. The molecule has 4 heterocycles. The highest BCUT2D eigenvalue weighted by atomic mass is 19.1. The zero-order chi connectivity index (χ0) is 24.3. The van der Waals surface area contributed by atoms with Crippen LogP contribution in [0, 0.1) is 30.4 Å². The number of piperidine rings is 1. The van der Waals surface area contributed by atoms with E-state index in [1.165, 1.54) is 25.4 Å². The number of fused-ring (bicyclic) bond motifs is 3. The molecule has 3 aromatic rings. The molecule has 0 radical (unpaired) electrons. The van der Waals surface area contributed by atoms with Gasteiger partial charge in [0.25, 0.3) is 0 Å². The van der Waals surface area contributed by atoms with Gasteiger partial charge in [0.1, 0.15) is 23.8 Å². The highest BCUT2D eigenvalue weighted by molar-refractivity contribution is 5.83. The first kappa shape index (κ1) is 22.2. The number of halogens is 2. The molecule has 0 spiro atoms. The van der Waals surface area contributed by atoms with Crippen LogP contribution in [-0.2, 0) is 9.47 Å². The number of hydrogen-bond acceptors (Lipinski definition) is 6. The SMILES string of the molecule is Cc1c(F)ccc(-n2ccc3c(OC4C5COCC4CN(C(=O)OC4(C)CC4)C5)ncnc32)c1F. The van der Waals surface area contributed by atoms with Gasteiger partial charge in [0.2, 0.25) is 5.88 Å². The number of likely N-dealkylation sites (tertiary alicyclic amines) is 1. The third-order valence-electron chi connectivity index (χ3n) is 7.30. The zero-order valence-corrected chi connectivity index (χ0v) is 19.5. The topological polar surface area (TPSA) is 78.7 Å². The molecule has 2 aliphatic heterocycles. The molecule has 35 heavy (non-hydrogen) atoms. The quantitative estimate of drug-likeness (QED) is 0.557. The largest absolute Gasteiger partial charge is 0.473 e. The van der Waals surface area contributed by atoms with Crippen molar-refractivity contribution in [3.8, 4) is 11.6 Å². The first-order chi connectivity index (χ1) is 16.8. The molecule has 6 rings (SSSR count). The van der Waals surface area contributed by atoms with Crippen LogP contribution in [0.2, 0.25) is 0 Å². The van der Waals surface area contributed by atoms with Crippen LogP contribution in [0.4, 0.5) is 13.6 Å². The summed E-state index contributed by atoms with van der Waals surface area (Å²) in [5.41, 5.74) is 0.284. The summed E-state index contributed by atoms with van der Waals surface area (Å²) in [4.78, 5) is 23.1. The van der Waals surface area contributed by atoms with E-state index in [9.17, 15) is 13.6 Å². The zero-order valence-electron chi connectivity index (χ0n) is 19.5. The third kappa shape index (κ3) is 3.89. The molecule has 184 valence electrons. The van der Waals surface area contributed by atoms with Gasteiger partial charge >= 0.3 is 6.09 Å². The Balaban J connectivity index is 1.26. The van der Waals surface area contributed by atoms with Gasteiger partial charge in [0.05, 0.1) is 24.3 Å². The first-order valence-corrected chi connectivity index (χ1v) is 11.8. The van der Waals surface area contributed by atoms with Gasteiger partial charge in [0, 0.05) is 36.7 Å². The van der Waals surface area contributed by atoms with Crippen molar-refractivity contribution in [2.75, 3.05) is 26.3 Å². The van der Waals surface area contributed by atoms with E-state index in [0.717, 1.165) is 12.8 Å². The van der Waals surface area contributed by atoms with Crippen molar-refractivity contribution in [1.82, 2.24) is 19.4 Å². The first-order valence-electron chi connectivity index (χ1n) is 11.8. The van der Waals surface area contributed by atoms with Crippen LogP contribution in [0.1, 0.15) is 25.3 Å². The Morgan fingerprint density at radius 1 is 1.14 bits per heavy atom. The number of carbonyl (C=O) groups excluding carboxylic acids is 1. The Bertz CT molecular complexity index is 1290. The number of ether oxygens (including phenoxy) is 3. The van der Waals surface area contributed by atoms with Crippen molar-refractivity contribution >= 4 is 17.1 Å². The van der Waals surface area contributed by atoms with Crippen LogP contribution in [0.3, 0.4) is 0 Å². The molecule has 10 heteroatoms. The minimum atomic E-state index is -0.644. The van der Waals surface area contributed by atoms with Crippen molar-refractivity contribution in [3.63, 3.8) is 0 Å². The minimum Gasteiger partial charge on any atom is -0.473 e. The van der Waals surface area contributed by atoms with Gasteiger partial charge in [-0.25, -0.2) is 23.5 Å². The van der Waals surface area contributed by atoms with Gasteiger partial charge in [-0.05, 0) is 44.9 Å². The minimum absolute atomic E-state index is 0.0358. The summed E-state index contributed by atoms with van der Waals surface area (Å²) in [6.45, 7) is 5.25. The van der Waals surface area contributed by atoms with Gasteiger partial charge in [-0.2, -0.15) is 0 Å². The van der Waals surface area contributed by atoms with E-state index in [0.29, 0.717) is 43.2 Å². The van der Waals surface area contributed by atoms with Crippen LogP contribution < -0.4 is 4.74 Å². The molecule has 1 amide bonds. The monoisotopic (exact) mass is 484 g/mol. The van der Waals surface area contributed by atoms with Crippen LogP contribution >= 0.6 is 0 Å². The Morgan fingerprint density at radius 2 is 1.89 bits per heavy atom. The van der Waals surface area contributed by atoms with Crippen LogP contribution in [-0.4, -0.2) is 63.5 Å². The molecular weight excluding hydrogens is 458 g/mol. The summed E-state index contributed by atoms with van der Waals surface area (Å²) in [5.74, 6) is -0.930. The molecule has 2 aromatic heterocycles. The highest BCUT2D eigenvalue weighted by Crippen LogP contribution is 2.40. The van der Waals surface area contributed by atoms with Crippen molar-refractivity contribution < 1.29 is 27.8 Å². The Labute approximate surface area is 200 Å². The van der Waals surface area contributed by atoms with E-state index in [1.54, 1.807) is 21.7 Å². The predicted octanol–water partition coefficient (Wildman–Crippen LogP) is 4.02. The summed E-state index contributed by atoms with van der Waals surface area (Å²) in [6.07, 6.45) is 4.37. The van der Waals surface area contributed by atoms with Gasteiger partial charge in [-0.15, -0.1) is 0 Å². The van der Waals surface area contributed by atoms with Crippen molar-refractivity contribution in [2.45, 2.75) is 38.4 Å². The van der Waals surface area contributed by atoms with E-state index < -0.39 is 11.6 Å². The number of rotatable bonds is 4. The number of aromatic nitrogens is 3. The van der Waals surface area contributed by atoms with Crippen LogP contribution in [0.15, 0.2) is 30.7 Å². The fourth-order valence-corrected chi connectivity index (χ4v) is 4.97. The van der Waals surface area contributed by atoms with E-state index in [1.807, 2.05) is 6.92 Å². The lowest BCUT2D eigenvalue weighted by Gasteiger charge is -2.46. The average molecular weight is 485 g/mol. The summed E-state index contributed by atoms with van der Waals surface area (Å²) in [5, 5.41) is 0.622. The second kappa shape index (κ2) is 8.15. The predicted molar refractivity (Wildman–Crippen MR) is 121 cm³/mol. The summed E-state index contributed by atoms with van der Waals surface area (Å²) >= 11 is 0. The summed E-state index contributed by atoms with van der Waals surface area (Å²) in [7, 11) is 0. The Hall–Kier alpha value is -3.27. The molecule has 8 nitrogen and oxygen atoms in total. The van der Waals surface area contributed by atoms with E-state index in [4.69, 9.17) is 14.2 Å². The van der Waals surface area contributed by atoms with E-state index in [-0.39, 0.29) is 40.9 Å². The van der Waals surface area contributed by atoms with Crippen LogP contribution in [0.5, 0.6) is 5.88 Å². The highest BCUT2D eigenvalue weighted by Gasteiger charge is 2.47. The van der Waals surface area contributed by atoms with Gasteiger partial charge in [-0.1, -0.05) is 0 Å².